The van der Waals surface area contributed by atoms with Crippen molar-refractivity contribution in [2.45, 2.75) is 67.9 Å². The summed E-state index contributed by atoms with van der Waals surface area (Å²) in [5.74, 6) is -0.0976. The van der Waals surface area contributed by atoms with Crippen molar-refractivity contribution in [1.82, 2.24) is 0 Å². The quantitative estimate of drug-likeness (QED) is 0.717. The Morgan fingerprint density at radius 2 is 1.65 bits per heavy atom. The molecular weight excluding hydrogens is 324 g/mol. The SMILES string of the molecule is C[Si](C)(C)C[C@H](C(=O)C1CCCCC1)S(=O)(=O)c1ccccc1. The fraction of sp³-hybridized carbons (Fsp3) is 0.611. The Kier molecular flexibility index (Phi) is 5.84. The molecule has 1 aromatic carbocycles. The zero-order valence-electron chi connectivity index (χ0n) is 14.4. The van der Waals surface area contributed by atoms with Crippen LogP contribution in [-0.4, -0.2) is 27.5 Å². The van der Waals surface area contributed by atoms with Crippen LogP contribution in [0.15, 0.2) is 35.2 Å². The van der Waals surface area contributed by atoms with Crippen LogP contribution < -0.4 is 0 Å². The molecule has 0 amide bonds. The zero-order chi connectivity index (χ0) is 17.1. The summed E-state index contributed by atoms with van der Waals surface area (Å²) >= 11 is 0. The van der Waals surface area contributed by atoms with E-state index in [2.05, 4.69) is 19.6 Å². The maximum Gasteiger partial charge on any atom is 0.188 e. The first-order chi connectivity index (χ1) is 10.7. The van der Waals surface area contributed by atoms with E-state index in [0.717, 1.165) is 32.1 Å². The average Bonchev–Trinajstić information content (AvgIpc) is 2.53. The molecule has 0 radical (unpaired) electrons. The normalized spacial score (nSPS) is 18.6. The van der Waals surface area contributed by atoms with Crippen molar-refractivity contribution in [3.8, 4) is 0 Å². The van der Waals surface area contributed by atoms with Crippen molar-refractivity contribution in [1.29, 1.82) is 0 Å². The number of benzene rings is 1. The number of rotatable bonds is 6. The van der Waals surface area contributed by atoms with Gasteiger partial charge in [0.2, 0.25) is 0 Å². The second-order valence-corrected chi connectivity index (χ2v) is 15.5. The summed E-state index contributed by atoms with van der Waals surface area (Å²) in [6.07, 6.45) is 4.95. The number of carbonyl (C=O) groups excluding carboxylic acids is 1. The average molecular weight is 353 g/mol. The van der Waals surface area contributed by atoms with Crippen LogP contribution in [0.3, 0.4) is 0 Å². The van der Waals surface area contributed by atoms with Crippen molar-refractivity contribution in [2.75, 3.05) is 0 Å². The highest BCUT2D eigenvalue weighted by molar-refractivity contribution is 7.93. The fourth-order valence-corrected chi connectivity index (χ4v) is 8.40. The third-order valence-corrected chi connectivity index (χ3v) is 8.58. The molecule has 0 spiro atoms. The molecule has 0 heterocycles. The van der Waals surface area contributed by atoms with Crippen LogP contribution in [0.25, 0.3) is 0 Å². The van der Waals surface area contributed by atoms with E-state index in [1.165, 1.54) is 0 Å². The maximum atomic E-state index is 13.1. The third-order valence-electron chi connectivity index (χ3n) is 4.57. The standard InChI is InChI=1S/C18H28O3SSi/c1-23(2,3)14-17(18(19)15-10-6-4-7-11-15)22(20,21)16-12-8-5-9-13-16/h5,8-9,12-13,15,17H,4,6-7,10-11,14H2,1-3H3/t17-/m1/s1. The molecule has 5 heteroatoms. The van der Waals surface area contributed by atoms with E-state index in [1.54, 1.807) is 30.3 Å². The molecule has 0 bridgehead atoms. The van der Waals surface area contributed by atoms with Crippen molar-refractivity contribution in [3.63, 3.8) is 0 Å². The third kappa shape index (κ3) is 4.77. The highest BCUT2D eigenvalue weighted by Gasteiger charge is 2.40. The minimum atomic E-state index is -3.60. The summed E-state index contributed by atoms with van der Waals surface area (Å²) in [6.45, 7) is 6.40. The highest BCUT2D eigenvalue weighted by Crippen LogP contribution is 2.32. The molecule has 0 aliphatic heterocycles. The Morgan fingerprint density at radius 3 is 2.17 bits per heavy atom. The molecule has 0 N–H and O–H groups in total. The van der Waals surface area contributed by atoms with Gasteiger partial charge >= 0.3 is 0 Å². The second kappa shape index (κ2) is 7.30. The number of Topliss-reactive ketones (excluding diaryl/α,β-unsaturated/α-hetero) is 1. The molecule has 0 saturated heterocycles. The van der Waals surface area contributed by atoms with Gasteiger partial charge in [-0.3, -0.25) is 4.79 Å². The van der Waals surface area contributed by atoms with Crippen molar-refractivity contribution < 1.29 is 13.2 Å². The van der Waals surface area contributed by atoms with Gasteiger partial charge in [0.1, 0.15) is 5.25 Å². The van der Waals surface area contributed by atoms with E-state index in [9.17, 15) is 13.2 Å². The number of hydrogen-bond acceptors (Lipinski definition) is 3. The molecule has 1 atom stereocenters. The van der Waals surface area contributed by atoms with Crippen LogP contribution >= 0.6 is 0 Å². The molecular formula is C18H28O3SSi. The summed E-state index contributed by atoms with van der Waals surface area (Å²) < 4.78 is 26.2. The summed E-state index contributed by atoms with van der Waals surface area (Å²) in [5.41, 5.74) is 0. The molecule has 0 aromatic heterocycles. The lowest BCUT2D eigenvalue weighted by Gasteiger charge is -2.28. The highest BCUT2D eigenvalue weighted by atomic mass is 32.2. The topological polar surface area (TPSA) is 51.2 Å². The molecule has 1 aromatic rings. The number of hydrogen-bond donors (Lipinski definition) is 0. The predicted molar refractivity (Wildman–Crippen MR) is 97.2 cm³/mol. The minimum Gasteiger partial charge on any atom is -0.298 e. The van der Waals surface area contributed by atoms with Crippen LogP contribution in [0.4, 0.5) is 0 Å². The van der Waals surface area contributed by atoms with Crippen molar-refractivity contribution in [2.24, 2.45) is 5.92 Å². The lowest BCUT2D eigenvalue weighted by Crippen LogP contribution is -2.41. The van der Waals surface area contributed by atoms with Crippen LogP contribution in [0.1, 0.15) is 32.1 Å². The number of ketones is 1. The number of sulfone groups is 1. The smallest absolute Gasteiger partial charge is 0.188 e. The zero-order valence-corrected chi connectivity index (χ0v) is 16.2. The van der Waals surface area contributed by atoms with Gasteiger partial charge in [-0.2, -0.15) is 0 Å². The fourth-order valence-electron chi connectivity index (χ4n) is 3.34. The van der Waals surface area contributed by atoms with Crippen LogP contribution in [-0.2, 0) is 14.6 Å². The summed E-state index contributed by atoms with van der Waals surface area (Å²) in [7, 11) is -5.29. The first-order valence-corrected chi connectivity index (χ1v) is 13.8. The lowest BCUT2D eigenvalue weighted by atomic mass is 9.85. The molecule has 0 unspecified atom stereocenters. The van der Waals surface area contributed by atoms with Gasteiger partial charge in [-0.15, -0.1) is 0 Å². The maximum absolute atomic E-state index is 13.1. The van der Waals surface area contributed by atoms with E-state index in [0.29, 0.717) is 6.04 Å². The van der Waals surface area contributed by atoms with E-state index in [1.807, 2.05) is 0 Å². The molecule has 2 rings (SSSR count). The lowest BCUT2D eigenvalue weighted by molar-refractivity contribution is -0.123. The molecule has 1 aliphatic carbocycles. The van der Waals surface area contributed by atoms with E-state index >= 15 is 0 Å². The Morgan fingerprint density at radius 1 is 1.09 bits per heavy atom. The molecule has 1 saturated carbocycles. The van der Waals surface area contributed by atoms with Crippen LogP contribution in [0.2, 0.25) is 25.7 Å². The molecule has 128 valence electrons. The Balaban J connectivity index is 2.35. The van der Waals surface area contributed by atoms with Gasteiger partial charge in [-0.1, -0.05) is 57.1 Å². The van der Waals surface area contributed by atoms with Crippen molar-refractivity contribution >= 4 is 23.7 Å². The Hall–Kier alpha value is -0.943. The molecule has 1 aliphatic rings. The first kappa shape index (κ1) is 18.4. The largest absolute Gasteiger partial charge is 0.298 e. The van der Waals surface area contributed by atoms with Gasteiger partial charge in [0.25, 0.3) is 0 Å². The first-order valence-electron chi connectivity index (χ1n) is 8.54. The summed E-state index contributed by atoms with van der Waals surface area (Å²) in [4.78, 5) is 13.3. The van der Waals surface area contributed by atoms with Crippen LogP contribution in [0.5, 0.6) is 0 Å². The minimum absolute atomic E-state index is 0.0315. The van der Waals surface area contributed by atoms with E-state index in [-0.39, 0.29) is 16.6 Å². The van der Waals surface area contributed by atoms with Gasteiger partial charge in [-0.05, 0) is 31.0 Å². The molecule has 3 nitrogen and oxygen atoms in total. The van der Waals surface area contributed by atoms with Gasteiger partial charge < -0.3 is 0 Å². The van der Waals surface area contributed by atoms with Gasteiger partial charge in [0, 0.05) is 14.0 Å². The van der Waals surface area contributed by atoms with E-state index in [4.69, 9.17) is 0 Å². The summed E-state index contributed by atoms with van der Waals surface area (Å²) in [5, 5.41) is -0.861. The Labute approximate surface area is 141 Å². The number of carbonyl (C=O) groups is 1. The second-order valence-electron chi connectivity index (χ2n) is 7.85. The van der Waals surface area contributed by atoms with Crippen LogP contribution in [0, 0.1) is 5.92 Å². The predicted octanol–water partition coefficient (Wildman–Crippen LogP) is 4.32. The van der Waals surface area contributed by atoms with Gasteiger partial charge in [-0.25, -0.2) is 8.42 Å². The molecule has 1 fully saturated rings. The van der Waals surface area contributed by atoms with Gasteiger partial charge in [0.05, 0.1) is 4.90 Å². The van der Waals surface area contributed by atoms with Crippen molar-refractivity contribution in [3.05, 3.63) is 30.3 Å². The monoisotopic (exact) mass is 352 g/mol. The van der Waals surface area contributed by atoms with E-state index < -0.39 is 23.2 Å². The molecule has 23 heavy (non-hydrogen) atoms. The summed E-state index contributed by atoms with van der Waals surface area (Å²) in [6, 6.07) is 8.99. The Bertz CT molecular complexity index is 626. The van der Waals surface area contributed by atoms with Gasteiger partial charge in [0.15, 0.2) is 15.6 Å².